The third kappa shape index (κ3) is 19.9. The summed E-state index contributed by atoms with van der Waals surface area (Å²) in [4.78, 5) is 23.2. The first-order valence-electron chi connectivity index (χ1n) is 7.64. The molecule has 7 heteroatoms. The van der Waals surface area contributed by atoms with Crippen LogP contribution in [0, 0.1) is 17.1 Å². The molecule has 24 heavy (non-hydrogen) atoms. The van der Waals surface area contributed by atoms with E-state index in [9.17, 15) is 9.59 Å². The molecule has 0 rings (SSSR count). The number of Topliss-reactive ketones (excluding diaryl/α,β-unsaturated/α-hetero) is 2. The molecule has 0 saturated heterocycles. The Morgan fingerprint density at radius 3 is 1.25 bits per heavy atom. The molecule has 0 spiro atoms. The molecule has 0 unspecified atom stereocenters. The number of ketones is 2. The van der Waals surface area contributed by atoms with Gasteiger partial charge in [-0.25, -0.2) is 0 Å². The van der Waals surface area contributed by atoms with Crippen molar-refractivity contribution in [1.29, 1.82) is 0 Å². The van der Waals surface area contributed by atoms with Crippen molar-refractivity contribution >= 4 is 11.6 Å². The summed E-state index contributed by atoms with van der Waals surface area (Å²) in [6.45, 7) is 14.8. The van der Waals surface area contributed by atoms with E-state index in [2.05, 4.69) is 0 Å². The minimum absolute atomic E-state index is 0. The van der Waals surface area contributed by atoms with Crippen LogP contribution in [0.25, 0.3) is 0 Å². The summed E-state index contributed by atoms with van der Waals surface area (Å²) < 4.78 is 0. The summed E-state index contributed by atoms with van der Waals surface area (Å²) in [6.07, 6.45) is -1.56. The van der Waals surface area contributed by atoms with Crippen LogP contribution in [0.5, 0.6) is 0 Å². The SMILES string of the molecule is CC(C)(C)C(=O)CC(=O)C(C)(C)[C-](O)O.CC(C)O.CC(C)O.[Ti]. The van der Waals surface area contributed by atoms with E-state index in [-0.39, 0.29) is 46.1 Å². The average Bonchev–Trinajstić information content (AvgIpc) is 2.25. The number of aliphatic hydroxyl groups is 4. The second kappa shape index (κ2) is 14.1. The van der Waals surface area contributed by atoms with Gasteiger partial charge in [-0.1, -0.05) is 46.3 Å². The molecule has 0 atom stereocenters. The van der Waals surface area contributed by atoms with Crippen molar-refractivity contribution in [3.8, 4) is 0 Å². The van der Waals surface area contributed by atoms with E-state index < -0.39 is 22.9 Å². The number of carbonyl (C=O) groups is 2. The van der Waals surface area contributed by atoms with Crippen molar-refractivity contribution in [3.63, 3.8) is 0 Å². The zero-order valence-corrected chi connectivity index (χ0v) is 18.0. The summed E-state index contributed by atoms with van der Waals surface area (Å²) in [5.41, 5.74) is -1.96. The standard InChI is InChI=1S/C11H19O4.2C3H8O.Ti/c1-10(2,3)7(12)6-8(13)11(4,5)9(14)15;2*1-3(2)4;/h14-15H,6H2,1-5H3;2*3-4H,1-2H3;/q-1;;;. The van der Waals surface area contributed by atoms with Crippen molar-refractivity contribution in [3.05, 3.63) is 6.29 Å². The van der Waals surface area contributed by atoms with Crippen LogP contribution in [-0.4, -0.2) is 44.2 Å². The fourth-order valence-corrected chi connectivity index (χ4v) is 0.757. The maximum Gasteiger partial charge on any atom is 0.145 e. The molecule has 144 valence electrons. The summed E-state index contributed by atoms with van der Waals surface area (Å²) in [7, 11) is 0. The quantitative estimate of drug-likeness (QED) is 0.337. The zero-order chi connectivity index (χ0) is 19.6. The van der Waals surface area contributed by atoms with E-state index in [0.29, 0.717) is 0 Å². The minimum atomic E-state index is -1.37. The van der Waals surface area contributed by atoms with E-state index in [0.717, 1.165) is 0 Å². The van der Waals surface area contributed by atoms with E-state index in [1.54, 1.807) is 48.5 Å². The molecule has 0 aliphatic rings. The van der Waals surface area contributed by atoms with Gasteiger partial charge in [-0.2, -0.15) is 0 Å². The Labute approximate surface area is 161 Å². The van der Waals surface area contributed by atoms with Gasteiger partial charge in [-0.05, 0) is 27.7 Å². The van der Waals surface area contributed by atoms with Crippen LogP contribution in [0.2, 0.25) is 0 Å². The van der Waals surface area contributed by atoms with E-state index >= 15 is 0 Å². The third-order valence-corrected chi connectivity index (χ3v) is 2.41. The second-order valence-corrected chi connectivity index (χ2v) is 7.41. The summed E-state index contributed by atoms with van der Waals surface area (Å²) in [5.74, 6) is -0.691. The maximum absolute atomic E-state index is 11.6. The van der Waals surface area contributed by atoms with Crippen molar-refractivity contribution in [1.82, 2.24) is 0 Å². The molecule has 0 saturated carbocycles. The van der Waals surface area contributed by atoms with E-state index in [1.807, 2.05) is 0 Å². The van der Waals surface area contributed by atoms with Crippen LogP contribution in [0.4, 0.5) is 0 Å². The topological polar surface area (TPSA) is 115 Å². The van der Waals surface area contributed by atoms with Crippen LogP contribution in [0.3, 0.4) is 0 Å². The Balaban J connectivity index is -0.000000186. The number of carbonyl (C=O) groups excluding carboxylic acids is 2. The Hall–Kier alpha value is -0.106. The molecule has 0 amide bonds. The van der Waals surface area contributed by atoms with Gasteiger partial charge in [0.25, 0.3) is 0 Å². The fourth-order valence-electron chi connectivity index (χ4n) is 0.757. The van der Waals surface area contributed by atoms with Crippen LogP contribution < -0.4 is 0 Å². The Morgan fingerprint density at radius 1 is 0.833 bits per heavy atom. The summed E-state index contributed by atoms with van der Waals surface area (Å²) >= 11 is 0. The van der Waals surface area contributed by atoms with Crippen LogP contribution in [0.15, 0.2) is 0 Å². The molecule has 0 aromatic carbocycles. The molecule has 0 fully saturated rings. The first kappa shape index (κ1) is 31.6. The number of hydrogen-bond donors (Lipinski definition) is 4. The first-order chi connectivity index (χ1) is 9.96. The predicted octanol–water partition coefficient (Wildman–Crippen LogP) is 2.59. The van der Waals surface area contributed by atoms with Crippen LogP contribution >= 0.6 is 0 Å². The molecule has 0 aliphatic carbocycles. The molecule has 4 N–H and O–H groups in total. The Morgan fingerprint density at radius 2 is 1.08 bits per heavy atom. The molecule has 6 nitrogen and oxygen atoms in total. The molecular weight excluding hydrogens is 348 g/mol. The van der Waals surface area contributed by atoms with Gasteiger partial charge in [0.05, 0.1) is 6.42 Å². The van der Waals surface area contributed by atoms with Gasteiger partial charge in [0.1, 0.15) is 11.6 Å². The molecule has 0 aliphatic heterocycles. The fraction of sp³-hybridized carbons (Fsp3) is 0.824. The molecule has 0 aromatic heterocycles. The van der Waals surface area contributed by atoms with Gasteiger partial charge in [0, 0.05) is 39.3 Å². The number of aliphatic hydroxyl groups excluding tert-OH is 3. The molecule has 0 bridgehead atoms. The van der Waals surface area contributed by atoms with Crippen LogP contribution in [0.1, 0.15) is 68.7 Å². The maximum atomic E-state index is 11.6. The average molecular weight is 383 g/mol. The molecular formula is C17H35O6Ti-. The van der Waals surface area contributed by atoms with E-state index in [1.165, 1.54) is 13.8 Å². The van der Waals surface area contributed by atoms with Crippen molar-refractivity contribution in [2.45, 2.75) is 80.9 Å². The summed E-state index contributed by atoms with van der Waals surface area (Å²) in [5, 5.41) is 33.9. The van der Waals surface area contributed by atoms with Gasteiger partial charge in [-0.15, -0.1) is 0 Å². The van der Waals surface area contributed by atoms with E-state index in [4.69, 9.17) is 20.4 Å². The zero-order valence-electron chi connectivity index (χ0n) is 16.5. The molecule has 0 aromatic rings. The van der Waals surface area contributed by atoms with Crippen molar-refractivity contribution in [2.24, 2.45) is 10.8 Å². The smallest absolute Gasteiger partial charge is 0.145 e. The predicted molar refractivity (Wildman–Crippen MR) is 89.7 cm³/mol. The van der Waals surface area contributed by atoms with Gasteiger partial charge in [0.2, 0.25) is 0 Å². The Kier molecular flexibility index (Phi) is 18.6. The Bertz CT molecular complexity index is 332. The van der Waals surface area contributed by atoms with Gasteiger partial charge < -0.3 is 25.2 Å². The molecule has 0 radical (unpaired) electrons. The minimum Gasteiger partial charge on any atom is -0.535 e. The van der Waals surface area contributed by atoms with Gasteiger partial charge in [-0.3, -0.25) is 4.79 Å². The number of rotatable bonds is 4. The van der Waals surface area contributed by atoms with Gasteiger partial charge >= 0.3 is 0 Å². The summed E-state index contributed by atoms with van der Waals surface area (Å²) in [6, 6.07) is 0. The normalized spacial score (nSPS) is 11.2. The first-order valence-corrected chi connectivity index (χ1v) is 7.64. The van der Waals surface area contributed by atoms with Gasteiger partial charge in [0.15, 0.2) is 0 Å². The van der Waals surface area contributed by atoms with Crippen molar-refractivity contribution in [2.75, 3.05) is 0 Å². The van der Waals surface area contributed by atoms with Crippen molar-refractivity contribution < 1.29 is 51.7 Å². The molecule has 0 heterocycles. The van der Waals surface area contributed by atoms with Crippen LogP contribution in [-0.2, 0) is 31.3 Å². The third-order valence-electron chi connectivity index (χ3n) is 2.41. The number of hydrogen-bond acceptors (Lipinski definition) is 6. The monoisotopic (exact) mass is 383 g/mol. The second-order valence-electron chi connectivity index (χ2n) is 7.41. The largest absolute Gasteiger partial charge is 0.535 e.